The third-order valence-corrected chi connectivity index (χ3v) is 4.13. The van der Waals surface area contributed by atoms with E-state index in [0.717, 1.165) is 6.42 Å². The van der Waals surface area contributed by atoms with Gasteiger partial charge in [-0.05, 0) is 23.4 Å². The van der Waals surface area contributed by atoms with Crippen molar-refractivity contribution in [3.05, 3.63) is 52.2 Å². The van der Waals surface area contributed by atoms with E-state index in [-0.39, 0.29) is 18.3 Å². The normalized spacial score (nSPS) is 9.91. The molecular weight excluding hydrogens is 320 g/mol. The molecule has 0 radical (unpaired) electrons. The van der Waals surface area contributed by atoms with Gasteiger partial charge in [0.1, 0.15) is 10.6 Å². The number of halogens is 1. The van der Waals surface area contributed by atoms with E-state index in [9.17, 15) is 4.79 Å². The number of hydrogen-bond acceptors (Lipinski definition) is 4. The highest BCUT2D eigenvalue weighted by atomic mass is 35.5. The minimum atomic E-state index is -0.0109. The summed E-state index contributed by atoms with van der Waals surface area (Å²) in [5.41, 5.74) is 6.85. The van der Waals surface area contributed by atoms with Crippen molar-refractivity contribution in [3.63, 3.8) is 0 Å². The Morgan fingerprint density at radius 1 is 1.23 bits per heavy atom. The van der Waals surface area contributed by atoms with E-state index < -0.39 is 0 Å². The summed E-state index contributed by atoms with van der Waals surface area (Å²) in [6, 6.07) is 12.0. The summed E-state index contributed by atoms with van der Waals surface area (Å²) >= 11 is 1.40. The monoisotopic (exact) mass is 340 g/mol. The summed E-state index contributed by atoms with van der Waals surface area (Å²) in [5, 5.41) is 1.86. The van der Waals surface area contributed by atoms with E-state index in [2.05, 4.69) is 12.1 Å². The van der Waals surface area contributed by atoms with Crippen molar-refractivity contribution in [3.8, 4) is 5.75 Å². The van der Waals surface area contributed by atoms with Crippen molar-refractivity contribution >= 4 is 29.7 Å². The Morgan fingerprint density at radius 3 is 2.59 bits per heavy atom. The van der Waals surface area contributed by atoms with Gasteiger partial charge < -0.3 is 15.4 Å². The molecule has 0 aliphatic rings. The second-order valence-electron chi connectivity index (χ2n) is 4.63. The Balaban J connectivity index is 0.00000242. The lowest BCUT2D eigenvalue weighted by Crippen LogP contribution is -2.36. The van der Waals surface area contributed by atoms with Crippen LogP contribution in [-0.2, 0) is 6.42 Å². The maximum atomic E-state index is 12.6. The fraction of sp³-hybridized carbons (Fsp3) is 0.312. The van der Waals surface area contributed by atoms with E-state index in [4.69, 9.17) is 10.5 Å². The van der Waals surface area contributed by atoms with Gasteiger partial charge in [0.05, 0.1) is 7.11 Å². The molecule has 0 saturated heterocycles. The van der Waals surface area contributed by atoms with Crippen molar-refractivity contribution in [2.75, 3.05) is 26.7 Å². The van der Waals surface area contributed by atoms with Crippen molar-refractivity contribution < 1.29 is 9.53 Å². The van der Waals surface area contributed by atoms with E-state index >= 15 is 0 Å². The fourth-order valence-corrected chi connectivity index (χ4v) is 2.96. The first-order valence-corrected chi connectivity index (χ1v) is 7.79. The lowest BCUT2D eigenvalue weighted by atomic mass is 10.1. The van der Waals surface area contributed by atoms with Crippen LogP contribution < -0.4 is 10.5 Å². The number of carbonyl (C=O) groups excluding carboxylic acids is 1. The molecule has 0 fully saturated rings. The molecule has 2 rings (SSSR count). The standard InChI is InChI=1S/C16H20N2O2S.ClH/c1-20-14-8-12-21-15(14)16(19)18(11-9-17)10-7-13-5-3-2-4-6-13;/h2-6,8,12H,7,9-11,17H2,1H3;1H. The molecule has 0 saturated carbocycles. The zero-order valence-corrected chi connectivity index (χ0v) is 14.2. The maximum Gasteiger partial charge on any atom is 0.267 e. The molecule has 1 amide bonds. The van der Waals surface area contributed by atoms with E-state index in [0.29, 0.717) is 30.3 Å². The van der Waals surface area contributed by atoms with Gasteiger partial charge in [-0.1, -0.05) is 30.3 Å². The number of thiophene rings is 1. The average Bonchev–Trinajstić information content (AvgIpc) is 3.00. The van der Waals surface area contributed by atoms with Crippen LogP contribution >= 0.6 is 23.7 Å². The molecule has 0 unspecified atom stereocenters. The van der Waals surface area contributed by atoms with Gasteiger partial charge in [-0.3, -0.25) is 4.79 Å². The second-order valence-corrected chi connectivity index (χ2v) is 5.55. The summed E-state index contributed by atoms with van der Waals surface area (Å²) < 4.78 is 5.23. The molecule has 120 valence electrons. The largest absolute Gasteiger partial charge is 0.495 e. The molecule has 4 nitrogen and oxygen atoms in total. The number of nitrogens with two attached hydrogens (primary N) is 1. The van der Waals surface area contributed by atoms with Gasteiger partial charge in [-0.25, -0.2) is 0 Å². The van der Waals surface area contributed by atoms with Crippen LogP contribution in [0.4, 0.5) is 0 Å². The number of methoxy groups -OCH3 is 1. The zero-order valence-electron chi connectivity index (χ0n) is 12.5. The highest BCUT2D eigenvalue weighted by Gasteiger charge is 2.20. The number of rotatable bonds is 7. The molecule has 0 bridgehead atoms. The van der Waals surface area contributed by atoms with Gasteiger partial charge >= 0.3 is 0 Å². The molecule has 1 aromatic carbocycles. The highest BCUT2D eigenvalue weighted by molar-refractivity contribution is 7.12. The highest BCUT2D eigenvalue weighted by Crippen LogP contribution is 2.25. The van der Waals surface area contributed by atoms with Crippen LogP contribution in [0.15, 0.2) is 41.8 Å². The fourth-order valence-electron chi connectivity index (χ4n) is 2.14. The molecule has 22 heavy (non-hydrogen) atoms. The minimum Gasteiger partial charge on any atom is -0.495 e. The van der Waals surface area contributed by atoms with Gasteiger partial charge in [0.15, 0.2) is 0 Å². The molecular formula is C16H21ClN2O2S. The van der Waals surface area contributed by atoms with Crippen molar-refractivity contribution in [2.24, 2.45) is 5.73 Å². The van der Waals surface area contributed by atoms with Gasteiger partial charge in [0.25, 0.3) is 5.91 Å². The SMILES string of the molecule is COc1ccsc1C(=O)N(CCN)CCc1ccccc1.Cl. The molecule has 6 heteroatoms. The van der Waals surface area contributed by atoms with E-state index in [1.165, 1.54) is 16.9 Å². The van der Waals surface area contributed by atoms with E-state index in [1.807, 2.05) is 29.6 Å². The summed E-state index contributed by atoms with van der Waals surface area (Å²) in [5.74, 6) is 0.620. The van der Waals surface area contributed by atoms with Gasteiger partial charge in [-0.2, -0.15) is 0 Å². The Bertz CT molecular complexity index is 575. The van der Waals surface area contributed by atoms with Crippen LogP contribution in [-0.4, -0.2) is 37.6 Å². The first kappa shape index (κ1) is 18.5. The Labute approximate surface area is 141 Å². The van der Waals surface area contributed by atoms with Crippen LogP contribution in [0, 0.1) is 0 Å². The summed E-state index contributed by atoms with van der Waals surface area (Å²) in [6.07, 6.45) is 0.820. The van der Waals surface area contributed by atoms with Crippen molar-refractivity contribution in [1.82, 2.24) is 4.90 Å². The summed E-state index contributed by atoms with van der Waals surface area (Å²) in [6.45, 7) is 1.65. The summed E-state index contributed by atoms with van der Waals surface area (Å²) in [4.78, 5) is 15.0. The molecule has 1 aromatic heterocycles. The van der Waals surface area contributed by atoms with Crippen LogP contribution in [0.2, 0.25) is 0 Å². The van der Waals surface area contributed by atoms with Crippen LogP contribution in [0.1, 0.15) is 15.2 Å². The molecule has 1 heterocycles. The zero-order chi connectivity index (χ0) is 15.1. The lowest BCUT2D eigenvalue weighted by molar-refractivity contribution is 0.0764. The van der Waals surface area contributed by atoms with Gasteiger partial charge in [0, 0.05) is 19.6 Å². The number of ether oxygens (including phenoxy) is 1. The van der Waals surface area contributed by atoms with E-state index in [1.54, 1.807) is 12.0 Å². The van der Waals surface area contributed by atoms with Crippen LogP contribution in [0.25, 0.3) is 0 Å². The topological polar surface area (TPSA) is 55.6 Å². The van der Waals surface area contributed by atoms with Gasteiger partial charge in [-0.15, -0.1) is 23.7 Å². The first-order chi connectivity index (χ1) is 10.3. The third-order valence-electron chi connectivity index (χ3n) is 3.24. The minimum absolute atomic E-state index is 0. The number of carbonyl (C=O) groups is 1. The molecule has 0 aliphatic carbocycles. The smallest absolute Gasteiger partial charge is 0.267 e. The maximum absolute atomic E-state index is 12.6. The lowest BCUT2D eigenvalue weighted by Gasteiger charge is -2.22. The number of benzene rings is 1. The number of amides is 1. The predicted molar refractivity (Wildman–Crippen MR) is 93.2 cm³/mol. The molecule has 2 N–H and O–H groups in total. The molecule has 0 atom stereocenters. The number of nitrogens with zero attached hydrogens (tertiary/aromatic N) is 1. The van der Waals surface area contributed by atoms with Crippen LogP contribution in [0.5, 0.6) is 5.75 Å². The Kier molecular flexibility index (Phi) is 7.95. The van der Waals surface area contributed by atoms with Crippen LogP contribution in [0.3, 0.4) is 0 Å². The predicted octanol–water partition coefficient (Wildman–Crippen LogP) is 2.82. The quantitative estimate of drug-likeness (QED) is 0.843. The number of hydrogen-bond donors (Lipinski definition) is 1. The molecule has 0 spiro atoms. The Hall–Kier alpha value is -1.56. The van der Waals surface area contributed by atoms with Crippen molar-refractivity contribution in [2.45, 2.75) is 6.42 Å². The van der Waals surface area contributed by atoms with Crippen molar-refractivity contribution in [1.29, 1.82) is 0 Å². The van der Waals surface area contributed by atoms with Gasteiger partial charge in [0.2, 0.25) is 0 Å². The Morgan fingerprint density at radius 2 is 1.95 bits per heavy atom. The molecule has 2 aromatic rings. The second kappa shape index (κ2) is 9.46. The first-order valence-electron chi connectivity index (χ1n) is 6.91. The average molecular weight is 341 g/mol. The summed E-state index contributed by atoms with van der Waals surface area (Å²) in [7, 11) is 1.58. The molecule has 0 aliphatic heterocycles. The third kappa shape index (κ3) is 4.73.